The molecule has 2 aliphatic heterocycles. The number of nitrogens with one attached hydrogen (secondary N) is 1. The molecule has 2 fully saturated rings. The second-order valence-electron chi connectivity index (χ2n) is 6.85. The van der Waals surface area contributed by atoms with Crippen LogP contribution in [0.4, 0.5) is 0 Å². The van der Waals surface area contributed by atoms with E-state index in [0.29, 0.717) is 6.04 Å². The third-order valence-corrected chi connectivity index (χ3v) is 5.54. The van der Waals surface area contributed by atoms with Gasteiger partial charge in [-0.1, -0.05) is 23.7 Å². The highest BCUT2D eigenvalue weighted by Crippen LogP contribution is 2.28. The molecule has 1 aromatic heterocycles. The number of H-pyrrole nitrogens is 1. The molecule has 2 aromatic rings. The topological polar surface area (TPSA) is 35.2 Å². The zero-order valence-electron chi connectivity index (χ0n) is 13.5. The van der Waals surface area contributed by atoms with Crippen LogP contribution in [0.2, 0.25) is 5.02 Å². The minimum atomic E-state index is 0.595. The highest BCUT2D eigenvalue weighted by atomic mass is 35.5. The number of aromatic amines is 1. The maximum Gasteiger partial charge on any atom is 0.0695 e. The Morgan fingerprint density at radius 3 is 2.91 bits per heavy atom. The van der Waals surface area contributed by atoms with Crippen LogP contribution in [-0.4, -0.2) is 51.7 Å². The van der Waals surface area contributed by atoms with Gasteiger partial charge >= 0.3 is 0 Å². The van der Waals surface area contributed by atoms with E-state index in [9.17, 15) is 0 Å². The van der Waals surface area contributed by atoms with Gasteiger partial charge in [0.1, 0.15) is 0 Å². The summed E-state index contributed by atoms with van der Waals surface area (Å²) in [6.45, 7) is 6.95. The van der Waals surface area contributed by atoms with Crippen LogP contribution in [0.15, 0.2) is 30.5 Å². The van der Waals surface area contributed by atoms with Gasteiger partial charge in [0.15, 0.2) is 0 Å². The largest absolute Gasteiger partial charge is 0.298 e. The average Bonchev–Trinajstić information content (AvgIpc) is 3.17. The second kappa shape index (κ2) is 6.27. The molecular formula is C18H23ClN4. The Labute approximate surface area is 142 Å². The van der Waals surface area contributed by atoms with Gasteiger partial charge in [-0.15, -0.1) is 0 Å². The van der Waals surface area contributed by atoms with Crippen molar-refractivity contribution in [2.24, 2.45) is 0 Å². The van der Waals surface area contributed by atoms with Crippen LogP contribution in [0.3, 0.4) is 0 Å². The van der Waals surface area contributed by atoms with Crippen molar-refractivity contribution < 1.29 is 0 Å². The van der Waals surface area contributed by atoms with Gasteiger partial charge in [-0.25, -0.2) is 0 Å². The Hall–Kier alpha value is -1.36. The lowest BCUT2D eigenvalue weighted by molar-refractivity contribution is 0.0541. The highest BCUT2D eigenvalue weighted by Gasteiger charge is 2.34. The van der Waals surface area contributed by atoms with E-state index in [2.05, 4.69) is 39.1 Å². The lowest BCUT2D eigenvalue weighted by atomic mass is 10.0. The first-order chi connectivity index (χ1) is 11.2. The van der Waals surface area contributed by atoms with Crippen molar-refractivity contribution in [3.63, 3.8) is 0 Å². The molecule has 0 radical (unpaired) electrons. The van der Waals surface area contributed by atoms with Gasteiger partial charge in [0.05, 0.1) is 11.9 Å². The number of hydrogen-bond donors (Lipinski definition) is 1. The normalized spacial score (nSPS) is 25.7. The number of piperazine rings is 1. The summed E-state index contributed by atoms with van der Waals surface area (Å²) in [7, 11) is 0. The van der Waals surface area contributed by atoms with Crippen LogP contribution >= 0.6 is 11.6 Å². The van der Waals surface area contributed by atoms with Gasteiger partial charge in [0, 0.05) is 42.3 Å². The van der Waals surface area contributed by atoms with Gasteiger partial charge in [0.2, 0.25) is 0 Å². The summed E-state index contributed by atoms with van der Waals surface area (Å²) in [5, 5.41) is 8.21. The summed E-state index contributed by atoms with van der Waals surface area (Å²) in [4.78, 5) is 5.27. The number of rotatable bonds is 3. The summed E-state index contributed by atoms with van der Waals surface area (Å²) >= 11 is 6.00. The predicted octanol–water partition coefficient (Wildman–Crippen LogP) is 3.40. The molecule has 3 heterocycles. The Kier molecular flexibility index (Phi) is 4.14. The zero-order valence-corrected chi connectivity index (χ0v) is 14.3. The first-order valence-electron chi connectivity index (χ1n) is 8.47. The standard InChI is InChI=1S/C18H23ClN4/c1-13-10-22-8-2-3-17(22)12-23(13)11-15-9-20-21-18(15)14-4-6-16(19)7-5-14/h4-7,9,13,17H,2-3,8,10-12H2,1H3,(H,20,21)/t13-,17?/m1/s1. The van der Waals surface area contributed by atoms with Crippen molar-refractivity contribution in [1.82, 2.24) is 20.0 Å². The Morgan fingerprint density at radius 1 is 1.26 bits per heavy atom. The molecule has 1 N–H and O–H groups in total. The number of nitrogens with zero attached hydrogens (tertiary/aromatic N) is 3. The van der Waals surface area contributed by atoms with E-state index in [1.807, 2.05) is 18.3 Å². The summed E-state index contributed by atoms with van der Waals surface area (Å²) in [5.74, 6) is 0. The molecule has 1 aromatic carbocycles. The lowest BCUT2D eigenvalue weighted by Crippen LogP contribution is -2.54. The van der Waals surface area contributed by atoms with E-state index in [0.717, 1.165) is 28.9 Å². The van der Waals surface area contributed by atoms with E-state index in [-0.39, 0.29) is 0 Å². The van der Waals surface area contributed by atoms with Crippen molar-refractivity contribution in [2.75, 3.05) is 19.6 Å². The van der Waals surface area contributed by atoms with E-state index in [1.165, 1.54) is 38.0 Å². The molecule has 2 saturated heterocycles. The van der Waals surface area contributed by atoms with Crippen LogP contribution in [0.1, 0.15) is 25.3 Å². The second-order valence-corrected chi connectivity index (χ2v) is 7.28. The average molecular weight is 331 g/mol. The van der Waals surface area contributed by atoms with Gasteiger partial charge in [-0.3, -0.25) is 14.9 Å². The molecule has 0 aliphatic carbocycles. The maximum atomic E-state index is 6.00. The van der Waals surface area contributed by atoms with Gasteiger partial charge in [0.25, 0.3) is 0 Å². The fraction of sp³-hybridized carbons (Fsp3) is 0.500. The first-order valence-corrected chi connectivity index (χ1v) is 8.85. The van der Waals surface area contributed by atoms with E-state index < -0.39 is 0 Å². The summed E-state index contributed by atoms with van der Waals surface area (Å²) in [6, 6.07) is 9.31. The SMILES string of the molecule is C[C@@H]1CN2CCCC2CN1Cc1cn[nH]c1-c1ccc(Cl)cc1. The number of aromatic nitrogens is 2. The number of hydrogen-bond acceptors (Lipinski definition) is 3. The van der Waals surface area contributed by atoms with Gasteiger partial charge in [-0.2, -0.15) is 5.10 Å². The van der Waals surface area contributed by atoms with Crippen molar-refractivity contribution in [3.8, 4) is 11.3 Å². The number of fused-ring (bicyclic) bond motifs is 1. The fourth-order valence-corrected chi connectivity index (χ4v) is 4.11. The predicted molar refractivity (Wildman–Crippen MR) is 93.5 cm³/mol. The van der Waals surface area contributed by atoms with Crippen molar-refractivity contribution in [3.05, 3.63) is 41.0 Å². The van der Waals surface area contributed by atoms with Crippen LogP contribution in [0, 0.1) is 0 Å². The van der Waals surface area contributed by atoms with Crippen molar-refractivity contribution in [1.29, 1.82) is 0 Å². The summed E-state index contributed by atoms with van der Waals surface area (Å²) < 4.78 is 0. The summed E-state index contributed by atoms with van der Waals surface area (Å²) in [6.07, 6.45) is 4.67. The Bertz CT molecular complexity index is 666. The van der Waals surface area contributed by atoms with Crippen LogP contribution in [0.25, 0.3) is 11.3 Å². The fourth-order valence-electron chi connectivity index (χ4n) is 3.98. The van der Waals surface area contributed by atoms with Crippen LogP contribution < -0.4 is 0 Å². The Morgan fingerprint density at radius 2 is 2.09 bits per heavy atom. The lowest BCUT2D eigenvalue weighted by Gasteiger charge is -2.42. The van der Waals surface area contributed by atoms with Crippen LogP contribution in [-0.2, 0) is 6.54 Å². The summed E-state index contributed by atoms with van der Waals surface area (Å²) in [5.41, 5.74) is 3.53. The number of benzene rings is 1. The smallest absolute Gasteiger partial charge is 0.0695 e. The minimum absolute atomic E-state index is 0.595. The van der Waals surface area contributed by atoms with Crippen LogP contribution in [0.5, 0.6) is 0 Å². The number of halogens is 1. The van der Waals surface area contributed by atoms with E-state index >= 15 is 0 Å². The molecule has 122 valence electrons. The molecule has 4 nitrogen and oxygen atoms in total. The molecule has 1 unspecified atom stereocenters. The molecule has 0 spiro atoms. The molecule has 0 amide bonds. The molecule has 23 heavy (non-hydrogen) atoms. The molecule has 2 aliphatic rings. The molecule has 2 atom stereocenters. The van der Waals surface area contributed by atoms with Crippen molar-refractivity contribution >= 4 is 11.6 Å². The molecule has 0 bridgehead atoms. The monoisotopic (exact) mass is 330 g/mol. The molecular weight excluding hydrogens is 308 g/mol. The highest BCUT2D eigenvalue weighted by molar-refractivity contribution is 6.30. The van der Waals surface area contributed by atoms with E-state index in [1.54, 1.807) is 0 Å². The van der Waals surface area contributed by atoms with E-state index in [4.69, 9.17) is 11.6 Å². The molecule has 0 saturated carbocycles. The van der Waals surface area contributed by atoms with Gasteiger partial charge in [-0.05, 0) is 44.0 Å². The maximum absolute atomic E-state index is 6.00. The van der Waals surface area contributed by atoms with Crippen molar-refractivity contribution in [2.45, 2.75) is 38.4 Å². The van der Waals surface area contributed by atoms with Gasteiger partial charge < -0.3 is 0 Å². The zero-order chi connectivity index (χ0) is 15.8. The molecule has 4 rings (SSSR count). The first kappa shape index (κ1) is 15.2. The molecule has 5 heteroatoms. The third kappa shape index (κ3) is 3.03. The third-order valence-electron chi connectivity index (χ3n) is 5.29. The minimum Gasteiger partial charge on any atom is -0.298 e. The quantitative estimate of drug-likeness (QED) is 0.936. The Balaban J connectivity index is 1.53.